The van der Waals surface area contributed by atoms with E-state index >= 15 is 0 Å². The highest BCUT2D eigenvalue weighted by Crippen LogP contribution is 2.09. The largest absolute Gasteiger partial charge is 0.444 e. The molecule has 0 amide bonds. The monoisotopic (exact) mass is 479 g/mol. The van der Waals surface area contributed by atoms with E-state index in [0.29, 0.717) is 18.4 Å². The number of hydrogen-bond donors (Lipinski definition) is 2. The van der Waals surface area contributed by atoms with Gasteiger partial charge in [0, 0.05) is 32.7 Å². The van der Waals surface area contributed by atoms with Crippen LogP contribution in [0.1, 0.15) is 38.1 Å². The molecule has 0 aliphatic carbocycles. The zero-order chi connectivity index (χ0) is 18.2. The fourth-order valence-corrected chi connectivity index (χ4v) is 2.89. The van der Waals surface area contributed by atoms with Crippen molar-refractivity contribution in [2.24, 2.45) is 10.9 Å². The van der Waals surface area contributed by atoms with Crippen LogP contribution in [-0.4, -0.2) is 61.3 Å². The Morgan fingerprint density at radius 3 is 2.73 bits per heavy atom. The molecule has 1 saturated heterocycles. The molecular formula is C18H34IN5O2. The molecule has 150 valence electrons. The molecule has 0 spiro atoms. The SMILES string of the molecule is CCNC(=NCc1nc(C)c(C)o1)NCC1CN(CC(C)C)CCO1.I. The van der Waals surface area contributed by atoms with Gasteiger partial charge in [-0.3, -0.25) is 4.90 Å². The third kappa shape index (κ3) is 7.79. The van der Waals surface area contributed by atoms with E-state index in [2.05, 4.69) is 46.3 Å². The van der Waals surface area contributed by atoms with Crippen molar-refractivity contribution in [2.75, 3.05) is 39.3 Å². The second-order valence-corrected chi connectivity index (χ2v) is 6.97. The summed E-state index contributed by atoms with van der Waals surface area (Å²) in [5, 5.41) is 6.63. The van der Waals surface area contributed by atoms with E-state index in [9.17, 15) is 0 Å². The van der Waals surface area contributed by atoms with E-state index in [1.165, 1.54) is 0 Å². The van der Waals surface area contributed by atoms with Crippen molar-refractivity contribution in [1.29, 1.82) is 0 Å². The third-order valence-corrected chi connectivity index (χ3v) is 4.13. The van der Waals surface area contributed by atoms with E-state index in [0.717, 1.165) is 56.7 Å². The third-order valence-electron chi connectivity index (χ3n) is 4.13. The highest BCUT2D eigenvalue weighted by atomic mass is 127. The molecule has 8 heteroatoms. The number of nitrogens with one attached hydrogen (secondary N) is 2. The number of nitrogens with zero attached hydrogens (tertiary/aromatic N) is 3. The van der Waals surface area contributed by atoms with Gasteiger partial charge >= 0.3 is 0 Å². The van der Waals surface area contributed by atoms with Gasteiger partial charge in [0.25, 0.3) is 0 Å². The number of morpholine rings is 1. The minimum atomic E-state index is 0. The Labute approximate surface area is 174 Å². The van der Waals surface area contributed by atoms with Crippen LogP contribution in [-0.2, 0) is 11.3 Å². The molecule has 1 aromatic rings. The van der Waals surface area contributed by atoms with Crippen molar-refractivity contribution in [3.05, 3.63) is 17.3 Å². The highest BCUT2D eigenvalue weighted by Gasteiger charge is 2.21. The standard InChI is InChI=1S/C18H33N5O2.HI/c1-6-19-18(21-10-17-22-14(4)15(5)25-17)20-9-16-12-23(7-8-24-16)11-13(2)3;/h13,16H,6-12H2,1-5H3,(H2,19,20,21);1H. The van der Waals surface area contributed by atoms with Crippen LogP contribution in [0.2, 0.25) is 0 Å². The van der Waals surface area contributed by atoms with E-state index in [1.54, 1.807) is 0 Å². The van der Waals surface area contributed by atoms with Crippen LogP contribution in [0.15, 0.2) is 9.41 Å². The van der Waals surface area contributed by atoms with Crippen molar-refractivity contribution in [3.8, 4) is 0 Å². The van der Waals surface area contributed by atoms with Gasteiger partial charge in [0.1, 0.15) is 12.3 Å². The van der Waals surface area contributed by atoms with E-state index in [-0.39, 0.29) is 30.1 Å². The first-order valence-corrected chi connectivity index (χ1v) is 9.27. The lowest BCUT2D eigenvalue weighted by Crippen LogP contribution is -2.50. The molecule has 0 saturated carbocycles. The normalized spacial score (nSPS) is 18.7. The first-order valence-electron chi connectivity index (χ1n) is 9.27. The Morgan fingerprint density at radius 1 is 1.35 bits per heavy atom. The molecule has 1 aromatic heterocycles. The number of ether oxygens (including phenoxy) is 1. The molecule has 0 aromatic carbocycles. The molecular weight excluding hydrogens is 445 g/mol. The average molecular weight is 479 g/mol. The fourth-order valence-electron chi connectivity index (χ4n) is 2.89. The van der Waals surface area contributed by atoms with Crippen LogP contribution in [0.5, 0.6) is 0 Å². The first-order chi connectivity index (χ1) is 12.0. The first kappa shape index (κ1) is 23.2. The topological polar surface area (TPSA) is 74.9 Å². The van der Waals surface area contributed by atoms with Crippen LogP contribution >= 0.6 is 24.0 Å². The summed E-state index contributed by atoms with van der Waals surface area (Å²) in [5.74, 6) is 2.94. The van der Waals surface area contributed by atoms with Gasteiger partial charge in [-0.05, 0) is 26.7 Å². The number of guanidine groups is 1. The van der Waals surface area contributed by atoms with Gasteiger partial charge in [0.2, 0.25) is 5.89 Å². The molecule has 1 unspecified atom stereocenters. The molecule has 0 bridgehead atoms. The van der Waals surface area contributed by atoms with Crippen molar-refractivity contribution >= 4 is 29.9 Å². The number of aromatic nitrogens is 1. The van der Waals surface area contributed by atoms with Crippen LogP contribution in [0, 0.1) is 19.8 Å². The zero-order valence-electron chi connectivity index (χ0n) is 16.7. The lowest BCUT2D eigenvalue weighted by atomic mass is 10.2. The smallest absolute Gasteiger partial charge is 0.216 e. The van der Waals surface area contributed by atoms with Gasteiger partial charge in [-0.25, -0.2) is 9.98 Å². The summed E-state index contributed by atoms with van der Waals surface area (Å²) in [6, 6.07) is 0. The molecule has 2 rings (SSSR count). The fraction of sp³-hybridized carbons (Fsp3) is 0.778. The van der Waals surface area contributed by atoms with Gasteiger partial charge in [-0.1, -0.05) is 13.8 Å². The summed E-state index contributed by atoms with van der Waals surface area (Å²) >= 11 is 0. The van der Waals surface area contributed by atoms with Crippen molar-refractivity contribution in [2.45, 2.75) is 47.3 Å². The molecule has 26 heavy (non-hydrogen) atoms. The lowest BCUT2D eigenvalue weighted by Gasteiger charge is -2.34. The molecule has 2 N–H and O–H groups in total. The second-order valence-electron chi connectivity index (χ2n) is 6.97. The Balaban J connectivity index is 0.00000338. The minimum Gasteiger partial charge on any atom is -0.444 e. The summed E-state index contributed by atoms with van der Waals surface area (Å²) in [6.07, 6.45) is 0.183. The maximum absolute atomic E-state index is 5.88. The summed E-state index contributed by atoms with van der Waals surface area (Å²) < 4.78 is 11.5. The van der Waals surface area contributed by atoms with Crippen molar-refractivity contribution < 1.29 is 9.15 Å². The maximum Gasteiger partial charge on any atom is 0.216 e. The van der Waals surface area contributed by atoms with Crippen LogP contribution in [0.25, 0.3) is 0 Å². The Bertz CT molecular complexity index is 542. The molecule has 1 aliphatic rings. The van der Waals surface area contributed by atoms with Gasteiger partial charge in [-0.15, -0.1) is 24.0 Å². The van der Waals surface area contributed by atoms with Crippen molar-refractivity contribution in [3.63, 3.8) is 0 Å². The van der Waals surface area contributed by atoms with Crippen LogP contribution in [0.4, 0.5) is 0 Å². The van der Waals surface area contributed by atoms with Crippen LogP contribution < -0.4 is 10.6 Å². The van der Waals surface area contributed by atoms with E-state index < -0.39 is 0 Å². The van der Waals surface area contributed by atoms with Gasteiger partial charge in [-0.2, -0.15) is 0 Å². The number of rotatable bonds is 7. The summed E-state index contributed by atoms with van der Waals surface area (Å²) in [5.41, 5.74) is 0.920. The van der Waals surface area contributed by atoms with Gasteiger partial charge < -0.3 is 19.8 Å². The number of oxazole rings is 1. The lowest BCUT2D eigenvalue weighted by molar-refractivity contribution is -0.0284. The van der Waals surface area contributed by atoms with Crippen molar-refractivity contribution in [1.82, 2.24) is 20.5 Å². The highest BCUT2D eigenvalue weighted by molar-refractivity contribution is 14.0. The minimum absolute atomic E-state index is 0. The van der Waals surface area contributed by atoms with E-state index in [4.69, 9.17) is 9.15 Å². The number of aryl methyl sites for hydroxylation is 2. The Hall–Kier alpha value is -0.870. The van der Waals surface area contributed by atoms with Gasteiger partial charge in [0.15, 0.2) is 5.96 Å². The number of hydrogen-bond acceptors (Lipinski definition) is 5. The molecule has 0 radical (unpaired) electrons. The maximum atomic E-state index is 5.88. The predicted molar refractivity (Wildman–Crippen MR) is 115 cm³/mol. The summed E-state index contributed by atoms with van der Waals surface area (Å²) in [6.45, 7) is 16.3. The second kappa shape index (κ2) is 11.8. The van der Waals surface area contributed by atoms with Gasteiger partial charge in [0.05, 0.1) is 18.4 Å². The van der Waals surface area contributed by atoms with E-state index in [1.807, 2.05) is 13.8 Å². The zero-order valence-corrected chi connectivity index (χ0v) is 19.0. The summed E-state index contributed by atoms with van der Waals surface area (Å²) in [4.78, 5) is 11.4. The number of aliphatic imine (C=N–C) groups is 1. The van der Waals surface area contributed by atoms with Crippen LogP contribution in [0.3, 0.4) is 0 Å². The molecule has 2 heterocycles. The molecule has 1 atom stereocenters. The predicted octanol–water partition coefficient (Wildman–Crippen LogP) is 2.32. The number of halogens is 1. The molecule has 7 nitrogen and oxygen atoms in total. The summed E-state index contributed by atoms with van der Waals surface area (Å²) in [7, 11) is 0. The Kier molecular flexibility index (Phi) is 10.5. The Morgan fingerprint density at radius 2 is 2.12 bits per heavy atom. The molecule has 1 aliphatic heterocycles. The molecule has 1 fully saturated rings. The average Bonchev–Trinajstić information content (AvgIpc) is 2.88. The quantitative estimate of drug-likeness (QED) is 0.355.